The highest BCUT2D eigenvalue weighted by molar-refractivity contribution is 7.89. The van der Waals surface area contributed by atoms with Crippen molar-refractivity contribution in [2.24, 2.45) is 0 Å². The van der Waals surface area contributed by atoms with Crippen molar-refractivity contribution in [3.05, 3.63) is 54.0 Å². The zero-order valence-corrected chi connectivity index (χ0v) is 16.5. The van der Waals surface area contributed by atoms with E-state index in [0.717, 1.165) is 16.2 Å². The van der Waals surface area contributed by atoms with Crippen LogP contribution in [0.5, 0.6) is 0 Å². The van der Waals surface area contributed by atoms with E-state index in [0.29, 0.717) is 44.2 Å². The lowest BCUT2D eigenvalue weighted by atomic mass is 10.2. The zero-order valence-electron chi connectivity index (χ0n) is 15.7. The highest BCUT2D eigenvalue weighted by Gasteiger charge is 2.30. The van der Waals surface area contributed by atoms with Crippen LogP contribution in [0.15, 0.2) is 52.0 Å². The van der Waals surface area contributed by atoms with E-state index < -0.39 is 10.0 Å². The first-order valence-electron chi connectivity index (χ1n) is 9.04. The third kappa shape index (κ3) is 4.77. The Balaban J connectivity index is 1.53. The number of sulfonamides is 1. The third-order valence-corrected chi connectivity index (χ3v) is 6.67. The standard InChI is InChI=1S/C19H25N3O4S/c1-16-5-7-18(8-6-16)27(24,25)22-11-9-21(10-12-22)19(23)15-20(2)14-17-4-3-13-26-17/h3-8,13H,9-12,14-15H2,1-2H3/p+1. The molecule has 1 saturated heterocycles. The van der Waals surface area contributed by atoms with Gasteiger partial charge in [0.15, 0.2) is 12.3 Å². The number of aryl methyl sites for hydroxylation is 1. The highest BCUT2D eigenvalue weighted by Crippen LogP contribution is 2.18. The third-order valence-electron chi connectivity index (χ3n) is 4.76. The molecule has 2 aromatic rings. The van der Waals surface area contributed by atoms with Crippen LogP contribution in [-0.2, 0) is 21.4 Å². The second kappa shape index (κ2) is 8.24. The van der Waals surface area contributed by atoms with E-state index in [2.05, 4.69) is 0 Å². The van der Waals surface area contributed by atoms with Gasteiger partial charge in [0.05, 0.1) is 18.2 Å². The van der Waals surface area contributed by atoms with Gasteiger partial charge in [-0.25, -0.2) is 8.42 Å². The SMILES string of the molecule is Cc1ccc(S(=O)(=O)N2CCN(C(=O)C[NH+](C)Cc3ccco3)CC2)cc1. The molecule has 0 spiro atoms. The van der Waals surface area contributed by atoms with Crippen LogP contribution in [0.25, 0.3) is 0 Å². The van der Waals surface area contributed by atoms with E-state index in [1.165, 1.54) is 4.31 Å². The Hall–Kier alpha value is -2.16. The Morgan fingerprint density at radius 3 is 2.37 bits per heavy atom. The van der Waals surface area contributed by atoms with Gasteiger partial charge in [-0.05, 0) is 31.2 Å². The Bertz CT molecular complexity index is 855. The van der Waals surface area contributed by atoms with E-state index >= 15 is 0 Å². The van der Waals surface area contributed by atoms with Crippen LogP contribution in [0.2, 0.25) is 0 Å². The van der Waals surface area contributed by atoms with Gasteiger partial charge in [-0.1, -0.05) is 17.7 Å². The van der Waals surface area contributed by atoms with Crippen LogP contribution in [0.1, 0.15) is 11.3 Å². The molecule has 2 heterocycles. The number of carbonyl (C=O) groups excluding carboxylic acids is 1. The van der Waals surface area contributed by atoms with Gasteiger partial charge in [0.25, 0.3) is 5.91 Å². The van der Waals surface area contributed by atoms with Crippen molar-refractivity contribution in [2.75, 3.05) is 39.8 Å². The summed E-state index contributed by atoms with van der Waals surface area (Å²) in [6.45, 7) is 4.38. The number of likely N-dealkylation sites (N-methyl/N-ethyl adjacent to an activating group) is 1. The number of furan rings is 1. The largest absolute Gasteiger partial charge is 0.463 e. The van der Waals surface area contributed by atoms with Gasteiger partial charge in [0, 0.05) is 26.2 Å². The number of hydrogen-bond donors (Lipinski definition) is 1. The maximum Gasteiger partial charge on any atom is 0.277 e. The molecular formula is C19H26N3O4S+. The van der Waals surface area contributed by atoms with E-state index in [-0.39, 0.29) is 5.91 Å². The van der Waals surface area contributed by atoms with Crippen molar-refractivity contribution < 1.29 is 22.5 Å². The predicted molar refractivity (Wildman–Crippen MR) is 101 cm³/mol. The molecule has 1 aromatic carbocycles. The smallest absolute Gasteiger partial charge is 0.277 e. The molecule has 1 aliphatic rings. The number of quaternary nitrogens is 1. The van der Waals surface area contributed by atoms with Gasteiger partial charge < -0.3 is 14.2 Å². The normalized spacial score (nSPS) is 17.0. The number of benzene rings is 1. The summed E-state index contributed by atoms with van der Waals surface area (Å²) in [7, 11) is -1.56. The van der Waals surface area contributed by atoms with Crippen LogP contribution in [0.4, 0.5) is 0 Å². The van der Waals surface area contributed by atoms with Gasteiger partial charge >= 0.3 is 0 Å². The first-order valence-corrected chi connectivity index (χ1v) is 10.5. The molecule has 1 atom stereocenters. The van der Waals surface area contributed by atoms with E-state index in [9.17, 15) is 13.2 Å². The fourth-order valence-electron chi connectivity index (χ4n) is 3.18. The fraction of sp³-hybridized carbons (Fsp3) is 0.421. The summed E-state index contributed by atoms with van der Waals surface area (Å²) in [6, 6.07) is 10.6. The lowest BCUT2D eigenvalue weighted by molar-refractivity contribution is -0.886. The molecule has 0 bridgehead atoms. The number of amides is 1. The molecule has 1 fully saturated rings. The highest BCUT2D eigenvalue weighted by atomic mass is 32.2. The van der Waals surface area contributed by atoms with Crippen LogP contribution in [-0.4, -0.2) is 63.3 Å². The van der Waals surface area contributed by atoms with Crippen molar-refractivity contribution in [1.29, 1.82) is 0 Å². The first-order chi connectivity index (χ1) is 12.9. The average molecular weight is 393 g/mol. The Labute approximate surface area is 160 Å². The Morgan fingerprint density at radius 1 is 1.11 bits per heavy atom. The Morgan fingerprint density at radius 2 is 1.78 bits per heavy atom. The van der Waals surface area contributed by atoms with Gasteiger partial charge in [0.1, 0.15) is 6.54 Å². The quantitative estimate of drug-likeness (QED) is 0.759. The molecular weight excluding hydrogens is 366 g/mol. The average Bonchev–Trinajstić information content (AvgIpc) is 3.15. The first kappa shape index (κ1) is 19.6. The molecule has 27 heavy (non-hydrogen) atoms. The summed E-state index contributed by atoms with van der Waals surface area (Å²) in [5.74, 6) is 0.876. The summed E-state index contributed by atoms with van der Waals surface area (Å²) in [4.78, 5) is 15.6. The number of carbonyl (C=O) groups is 1. The van der Waals surface area contributed by atoms with Gasteiger partial charge in [0.2, 0.25) is 10.0 Å². The molecule has 3 rings (SSSR count). The van der Waals surface area contributed by atoms with Crippen LogP contribution >= 0.6 is 0 Å². The molecule has 7 nitrogen and oxygen atoms in total. The van der Waals surface area contributed by atoms with Crippen molar-refractivity contribution in [2.45, 2.75) is 18.4 Å². The molecule has 1 unspecified atom stereocenters. The molecule has 1 N–H and O–H groups in total. The van der Waals surface area contributed by atoms with E-state index in [1.54, 1.807) is 35.4 Å². The topological polar surface area (TPSA) is 75.3 Å². The number of piperazine rings is 1. The summed E-state index contributed by atoms with van der Waals surface area (Å²) in [5.41, 5.74) is 1.02. The predicted octanol–water partition coefficient (Wildman–Crippen LogP) is 0.136. The maximum absolute atomic E-state index is 12.7. The van der Waals surface area contributed by atoms with Crippen molar-refractivity contribution >= 4 is 15.9 Å². The molecule has 0 saturated carbocycles. The second-order valence-electron chi connectivity index (χ2n) is 6.99. The molecule has 146 valence electrons. The van der Waals surface area contributed by atoms with Crippen LogP contribution < -0.4 is 4.90 Å². The number of nitrogens with one attached hydrogen (secondary N) is 1. The monoisotopic (exact) mass is 392 g/mol. The summed E-state index contributed by atoms with van der Waals surface area (Å²) >= 11 is 0. The molecule has 0 aliphatic carbocycles. The van der Waals surface area contributed by atoms with Crippen LogP contribution in [0, 0.1) is 6.92 Å². The fourth-order valence-corrected chi connectivity index (χ4v) is 4.60. The lowest BCUT2D eigenvalue weighted by Gasteiger charge is -2.34. The van der Waals surface area contributed by atoms with Gasteiger partial charge in [-0.15, -0.1) is 0 Å². The van der Waals surface area contributed by atoms with E-state index in [1.807, 2.05) is 26.1 Å². The molecule has 8 heteroatoms. The van der Waals surface area contributed by atoms with Crippen molar-refractivity contribution in [3.63, 3.8) is 0 Å². The number of rotatable bonds is 6. The number of hydrogen-bond acceptors (Lipinski definition) is 4. The minimum absolute atomic E-state index is 0.0337. The summed E-state index contributed by atoms with van der Waals surface area (Å²) in [6.07, 6.45) is 1.62. The molecule has 1 amide bonds. The molecule has 0 radical (unpaired) electrons. The molecule has 1 aliphatic heterocycles. The van der Waals surface area contributed by atoms with Gasteiger partial charge in [-0.3, -0.25) is 4.79 Å². The zero-order chi connectivity index (χ0) is 19.4. The van der Waals surface area contributed by atoms with E-state index in [4.69, 9.17) is 4.42 Å². The minimum Gasteiger partial charge on any atom is -0.463 e. The Kier molecular flexibility index (Phi) is 5.98. The molecule has 1 aromatic heterocycles. The van der Waals surface area contributed by atoms with Crippen molar-refractivity contribution in [3.8, 4) is 0 Å². The minimum atomic E-state index is -3.51. The maximum atomic E-state index is 12.7. The number of nitrogens with zero attached hydrogens (tertiary/aromatic N) is 2. The van der Waals surface area contributed by atoms with Gasteiger partial charge in [-0.2, -0.15) is 4.31 Å². The second-order valence-corrected chi connectivity index (χ2v) is 8.93. The van der Waals surface area contributed by atoms with Crippen molar-refractivity contribution in [1.82, 2.24) is 9.21 Å². The lowest BCUT2D eigenvalue weighted by Crippen LogP contribution is -3.08. The summed E-state index contributed by atoms with van der Waals surface area (Å²) in [5, 5.41) is 0. The summed E-state index contributed by atoms with van der Waals surface area (Å²) < 4.78 is 32.2. The van der Waals surface area contributed by atoms with Crippen LogP contribution in [0.3, 0.4) is 0 Å².